The summed E-state index contributed by atoms with van der Waals surface area (Å²) >= 11 is 1.47. The molecule has 2 heterocycles. The molecule has 3 rings (SSSR count). The number of carboxylic acid groups (broad SMARTS) is 1. The zero-order chi connectivity index (χ0) is 16.2. The van der Waals surface area contributed by atoms with Crippen molar-refractivity contribution in [2.45, 2.75) is 6.54 Å². The molecule has 6 nitrogen and oxygen atoms in total. The van der Waals surface area contributed by atoms with E-state index < -0.39 is 5.97 Å². The minimum Gasteiger partial charge on any atom is -0.476 e. The number of hydrogen-bond acceptors (Lipinski definition) is 4. The van der Waals surface area contributed by atoms with Gasteiger partial charge in [-0.25, -0.2) is 9.48 Å². The lowest BCUT2D eigenvalue weighted by Crippen LogP contribution is -2.22. The van der Waals surface area contributed by atoms with Gasteiger partial charge < -0.3 is 10.4 Å². The molecule has 2 aromatic heterocycles. The average Bonchev–Trinajstić information content (AvgIpc) is 3.24. The van der Waals surface area contributed by atoms with Crippen LogP contribution in [-0.4, -0.2) is 26.8 Å². The minimum absolute atomic E-state index is 0.0128. The molecule has 0 bridgehead atoms. The number of rotatable bonds is 5. The molecule has 1 amide bonds. The molecule has 23 heavy (non-hydrogen) atoms. The van der Waals surface area contributed by atoms with Crippen LogP contribution in [0.4, 0.5) is 0 Å². The van der Waals surface area contributed by atoms with Crippen molar-refractivity contribution >= 4 is 23.2 Å². The third kappa shape index (κ3) is 3.46. The number of benzene rings is 1. The fraction of sp³-hybridized carbons (Fsp3) is 0.0625. The first-order valence-corrected chi connectivity index (χ1v) is 7.76. The summed E-state index contributed by atoms with van der Waals surface area (Å²) in [7, 11) is 0. The Morgan fingerprint density at radius 2 is 2.13 bits per heavy atom. The number of nitrogens with one attached hydrogen (secondary N) is 1. The topological polar surface area (TPSA) is 84.2 Å². The molecule has 0 unspecified atom stereocenters. The molecule has 0 fully saturated rings. The van der Waals surface area contributed by atoms with Crippen molar-refractivity contribution < 1.29 is 14.7 Å². The van der Waals surface area contributed by atoms with Gasteiger partial charge in [0, 0.05) is 23.7 Å². The first-order chi connectivity index (χ1) is 11.1. The van der Waals surface area contributed by atoms with Crippen LogP contribution in [0, 0.1) is 0 Å². The van der Waals surface area contributed by atoms with Gasteiger partial charge in [0.25, 0.3) is 5.91 Å². The zero-order valence-electron chi connectivity index (χ0n) is 12.0. The summed E-state index contributed by atoms with van der Waals surface area (Å²) in [6.45, 7) is 0.385. The van der Waals surface area contributed by atoms with Crippen LogP contribution in [0.1, 0.15) is 26.4 Å². The number of aromatic carboxylic acids is 1. The van der Waals surface area contributed by atoms with Crippen LogP contribution < -0.4 is 5.32 Å². The van der Waals surface area contributed by atoms with Gasteiger partial charge in [-0.1, -0.05) is 12.1 Å². The Hall–Kier alpha value is -2.93. The smallest absolute Gasteiger partial charge is 0.356 e. The number of carbonyl (C=O) groups is 2. The van der Waals surface area contributed by atoms with Crippen LogP contribution in [0.5, 0.6) is 0 Å². The fourth-order valence-corrected chi connectivity index (χ4v) is 2.70. The molecule has 0 saturated heterocycles. The average molecular weight is 327 g/mol. The highest BCUT2D eigenvalue weighted by molar-refractivity contribution is 7.08. The van der Waals surface area contributed by atoms with E-state index in [9.17, 15) is 9.59 Å². The van der Waals surface area contributed by atoms with Gasteiger partial charge in [-0.3, -0.25) is 4.79 Å². The summed E-state index contributed by atoms with van der Waals surface area (Å²) in [6.07, 6.45) is 1.59. The maximum absolute atomic E-state index is 11.9. The van der Waals surface area contributed by atoms with Crippen LogP contribution in [-0.2, 0) is 6.54 Å². The van der Waals surface area contributed by atoms with Crippen LogP contribution in [0.25, 0.3) is 5.69 Å². The quantitative estimate of drug-likeness (QED) is 0.754. The molecule has 0 spiro atoms. The fourth-order valence-electron chi connectivity index (χ4n) is 2.07. The predicted molar refractivity (Wildman–Crippen MR) is 86.0 cm³/mol. The third-order valence-corrected chi connectivity index (χ3v) is 3.90. The summed E-state index contributed by atoms with van der Waals surface area (Å²) in [5.74, 6) is -1.19. The Morgan fingerprint density at radius 3 is 2.83 bits per heavy atom. The van der Waals surface area contributed by atoms with Gasteiger partial charge in [0.1, 0.15) is 0 Å². The molecular formula is C16H13N3O3S. The van der Waals surface area contributed by atoms with E-state index in [2.05, 4.69) is 10.4 Å². The van der Waals surface area contributed by atoms with Crippen molar-refractivity contribution in [2.75, 3.05) is 0 Å². The van der Waals surface area contributed by atoms with Gasteiger partial charge in [-0.05, 0) is 35.2 Å². The van der Waals surface area contributed by atoms with E-state index in [1.807, 2.05) is 29.6 Å². The molecule has 3 aromatic rings. The predicted octanol–water partition coefficient (Wildman–Crippen LogP) is 2.56. The Labute approximate surface area is 136 Å². The summed E-state index contributed by atoms with van der Waals surface area (Å²) in [5, 5.41) is 19.4. The third-order valence-electron chi connectivity index (χ3n) is 3.22. The highest BCUT2D eigenvalue weighted by Crippen LogP contribution is 2.11. The van der Waals surface area contributed by atoms with Crippen molar-refractivity contribution in [3.8, 4) is 5.69 Å². The molecule has 0 atom stereocenters. The van der Waals surface area contributed by atoms with Gasteiger partial charge >= 0.3 is 5.97 Å². The number of nitrogens with zero attached hydrogens (tertiary/aromatic N) is 2. The molecule has 0 radical (unpaired) electrons. The second-order valence-corrected chi connectivity index (χ2v) is 5.60. The highest BCUT2D eigenvalue weighted by Gasteiger charge is 2.09. The number of amides is 1. The van der Waals surface area contributed by atoms with Gasteiger partial charge in [-0.2, -0.15) is 16.4 Å². The lowest BCUT2D eigenvalue weighted by molar-refractivity contribution is 0.0689. The van der Waals surface area contributed by atoms with Gasteiger partial charge in [0.2, 0.25) is 0 Å². The van der Waals surface area contributed by atoms with Gasteiger partial charge in [0.15, 0.2) is 5.69 Å². The van der Waals surface area contributed by atoms with Crippen LogP contribution in [0.2, 0.25) is 0 Å². The number of aromatic nitrogens is 2. The van der Waals surface area contributed by atoms with Crippen molar-refractivity contribution in [3.05, 3.63) is 70.2 Å². The van der Waals surface area contributed by atoms with Crippen molar-refractivity contribution in [1.82, 2.24) is 15.1 Å². The Bertz CT molecular complexity index is 840. The molecule has 0 aliphatic carbocycles. The molecule has 7 heteroatoms. The Kier molecular flexibility index (Phi) is 4.20. The van der Waals surface area contributed by atoms with E-state index in [0.29, 0.717) is 12.1 Å². The number of carbonyl (C=O) groups excluding carboxylic acids is 1. The molecule has 0 saturated carbocycles. The normalized spacial score (nSPS) is 10.4. The summed E-state index contributed by atoms with van der Waals surface area (Å²) < 4.78 is 1.49. The lowest BCUT2D eigenvalue weighted by Gasteiger charge is -2.07. The SMILES string of the molecule is O=C(NCc1cccc(-n2ccc(C(=O)O)n2)c1)c1ccsc1. The maximum atomic E-state index is 11.9. The van der Waals surface area contributed by atoms with Crippen LogP contribution in [0.3, 0.4) is 0 Å². The van der Waals surface area contributed by atoms with Crippen LogP contribution in [0.15, 0.2) is 53.4 Å². The monoisotopic (exact) mass is 327 g/mol. The first-order valence-electron chi connectivity index (χ1n) is 6.82. The van der Waals surface area contributed by atoms with Crippen molar-refractivity contribution in [1.29, 1.82) is 0 Å². The Morgan fingerprint density at radius 1 is 1.26 bits per heavy atom. The second kappa shape index (κ2) is 6.45. The van der Waals surface area contributed by atoms with E-state index in [0.717, 1.165) is 11.3 Å². The molecular weight excluding hydrogens is 314 g/mol. The Balaban J connectivity index is 1.72. The van der Waals surface area contributed by atoms with E-state index in [1.165, 1.54) is 22.1 Å². The van der Waals surface area contributed by atoms with E-state index >= 15 is 0 Å². The lowest BCUT2D eigenvalue weighted by atomic mass is 10.2. The van der Waals surface area contributed by atoms with E-state index in [-0.39, 0.29) is 11.6 Å². The summed E-state index contributed by atoms with van der Waals surface area (Å²) in [6, 6.07) is 10.6. The molecule has 0 aliphatic heterocycles. The van der Waals surface area contributed by atoms with Crippen LogP contribution >= 0.6 is 11.3 Å². The molecule has 116 valence electrons. The number of thiophene rings is 1. The largest absolute Gasteiger partial charge is 0.476 e. The van der Waals surface area contributed by atoms with Crippen molar-refractivity contribution in [3.63, 3.8) is 0 Å². The highest BCUT2D eigenvalue weighted by atomic mass is 32.1. The molecule has 2 N–H and O–H groups in total. The second-order valence-electron chi connectivity index (χ2n) is 4.82. The van der Waals surface area contributed by atoms with E-state index in [1.54, 1.807) is 17.6 Å². The summed E-state index contributed by atoms with van der Waals surface area (Å²) in [5.41, 5.74) is 2.27. The summed E-state index contributed by atoms with van der Waals surface area (Å²) in [4.78, 5) is 22.8. The van der Waals surface area contributed by atoms with Gasteiger partial charge in [-0.15, -0.1) is 0 Å². The first kappa shape index (κ1) is 15.0. The van der Waals surface area contributed by atoms with Crippen molar-refractivity contribution in [2.24, 2.45) is 0 Å². The number of hydrogen-bond donors (Lipinski definition) is 2. The zero-order valence-corrected chi connectivity index (χ0v) is 12.8. The maximum Gasteiger partial charge on any atom is 0.356 e. The molecule has 1 aromatic carbocycles. The number of carboxylic acids is 1. The molecule has 0 aliphatic rings. The van der Waals surface area contributed by atoms with Gasteiger partial charge in [0.05, 0.1) is 5.69 Å². The minimum atomic E-state index is -1.07. The van der Waals surface area contributed by atoms with E-state index in [4.69, 9.17) is 5.11 Å². The standard InChI is InChI=1S/C16H13N3O3S/c20-15(12-5-7-23-10-12)17-9-11-2-1-3-13(8-11)19-6-4-14(18-19)16(21)22/h1-8,10H,9H2,(H,17,20)(H,21,22).